The molecule has 0 fully saturated rings. The zero-order chi connectivity index (χ0) is 15.2. The highest BCUT2D eigenvalue weighted by atomic mass is 16.5. The number of hydrogen-bond acceptors (Lipinski definition) is 4. The van der Waals surface area contributed by atoms with Gasteiger partial charge in [-0.1, -0.05) is 33.8 Å². The van der Waals surface area contributed by atoms with Crippen molar-refractivity contribution >= 4 is 5.82 Å². The van der Waals surface area contributed by atoms with Gasteiger partial charge in [0.25, 0.3) is 0 Å². The molecule has 4 heteroatoms. The van der Waals surface area contributed by atoms with Crippen LogP contribution < -0.4 is 11.1 Å². The molecule has 114 valence electrons. The van der Waals surface area contributed by atoms with Crippen LogP contribution in [0.4, 0.5) is 5.82 Å². The molecular weight excluding hydrogens is 250 g/mol. The first-order chi connectivity index (χ1) is 9.41. The molecule has 0 saturated heterocycles. The van der Waals surface area contributed by atoms with Crippen molar-refractivity contribution in [3.63, 3.8) is 0 Å². The van der Waals surface area contributed by atoms with E-state index >= 15 is 0 Å². The number of nitrogens with one attached hydrogen (secondary N) is 1. The zero-order valence-corrected chi connectivity index (χ0v) is 13.4. The lowest BCUT2D eigenvalue weighted by atomic mass is 9.82. The average Bonchev–Trinajstić information content (AvgIpc) is 2.38. The molecule has 1 rings (SSSR count). The second-order valence-electron chi connectivity index (χ2n) is 6.15. The van der Waals surface area contributed by atoms with Gasteiger partial charge in [0.2, 0.25) is 0 Å². The lowest BCUT2D eigenvalue weighted by Gasteiger charge is -2.37. The third-order valence-corrected chi connectivity index (χ3v) is 3.32. The van der Waals surface area contributed by atoms with E-state index in [1.807, 2.05) is 19.1 Å². The maximum Gasteiger partial charge on any atom is 0.128 e. The van der Waals surface area contributed by atoms with Gasteiger partial charge in [0, 0.05) is 18.4 Å². The number of aromatic nitrogens is 1. The second-order valence-corrected chi connectivity index (χ2v) is 6.15. The number of nitrogen functional groups attached to an aromatic ring is 1. The van der Waals surface area contributed by atoms with Crippen LogP contribution in [0.25, 0.3) is 0 Å². The lowest BCUT2D eigenvalue weighted by Crippen LogP contribution is -2.42. The van der Waals surface area contributed by atoms with Gasteiger partial charge in [-0.2, -0.15) is 0 Å². The van der Waals surface area contributed by atoms with E-state index in [0.29, 0.717) is 12.4 Å². The van der Waals surface area contributed by atoms with Crippen molar-refractivity contribution in [2.75, 3.05) is 18.9 Å². The molecule has 0 spiro atoms. The fourth-order valence-corrected chi connectivity index (χ4v) is 2.40. The Morgan fingerprint density at radius 3 is 2.55 bits per heavy atom. The lowest BCUT2D eigenvalue weighted by molar-refractivity contribution is -0.0364. The van der Waals surface area contributed by atoms with Crippen LogP contribution in [-0.2, 0) is 4.74 Å². The van der Waals surface area contributed by atoms with Crippen LogP contribution in [-0.4, -0.2) is 24.2 Å². The van der Waals surface area contributed by atoms with Gasteiger partial charge in [0.05, 0.1) is 12.1 Å². The van der Waals surface area contributed by atoms with Gasteiger partial charge in [0.1, 0.15) is 5.82 Å². The summed E-state index contributed by atoms with van der Waals surface area (Å²) in [6.45, 7) is 12.4. The summed E-state index contributed by atoms with van der Waals surface area (Å²) in [7, 11) is 0. The monoisotopic (exact) mass is 279 g/mol. The first kappa shape index (κ1) is 16.9. The Morgan fingerprint density at radius 2 is 2.05 bits per heavy atom. The van der Waals surface area contributed by atoms with Crippen LogP contribution in [0.15, 0.2) is 18.3 Å². The van der Waals surface area contributed by atoms with Crippen molar-refractivity contribution in [3.8, 4) is 0 Å². The molecular formula is C16H29N3O. The third kappa shape index (κ3) is 4.46. The minimum Gasteiger partial charge on any atom is -0.383 e. The highest BCUT2D eigenvalue weighted by Gasteiger charge is 2.34. The summed E-state index contributed by atoms with van der Waals surface area (Å²) >= 11 is 0. The van der Waals surface area contributed by atoms with Crippen molar-refractivity contribution in [1.82, 2.24) is 10.3 Å². The summed E-state index contributed by atoms with van der Waals surface area (Å²) in [4.78, 5) is 4.21. The standard InChI is InChI=1S/C16H29N3O/c1-6-10-18-13(12-9-8-11-19-15(12)17)14(20-7-2)16(3,4)5/h8-9,11,13-14,18H,6-7,10H2,1-5H3,(H2,17,19). The first-order valence-electron chi connectivity index (χ1n) is 7.47. The van der Waals surface area contributed by atoms with Crippen LogP contribution >= 0.6 is 0 Å². The van der Waals surface area contributed by atoms with Crippen LogP contribution in [0, 0.1) is 5.41 Å². The summed E-state index contributed by atoms with van der Waals surface area (Å²) in [5, 5.41) is 3.57. The molecule has 1 aromatic rings. The Kier molecular flexibility index (Phi) is 6.43. The molecule has 2 atom stereocenters. The number of rotatable bonds is 7. The molecule has 1 aromatic heterocycles. The maximum absolute atomic E-state index is 6.06. The molecule has 2 unspecified atom stereocenters. The van der Waals surface area contributed by atoms with Crippen LogP contribution in [0.2, 0.25) is 0 Å². The van der Waals surface area contributed by atoms with Gasteiger partial charge < -0.3 is 15.8 Å². The molecule has 3 N–H and O–H groups in total. The molecule has 4 nitrogen and oxygen atoms in total. The summed E-state index contributed by atoms with van der Waals surface area (Å²) in [5.74, 6) is 0.579. The van der Waals surface area contributed by atoms with Crippen LogP contribution in [0.3, 0.4) is 0 Å². The number of pyridine rings is 1. The van der Waals surface area contributed by atoms with Crippen molar-refractivity contribution in [2.24, 2.45) is 5.41 Å². The molecule has 0 bridgehead atoms. The molecule has 0 aliphatic carbocycles. The number of ether oxygens (including phenoxy) is 1. The average molecular weight is 279 g/mol. The Balaban J connectivity index is 3.12. The topological polar surface area (TPSA) is 60.2 Å². The van der Waals surface area contributed by atoms with Crippen LogP contribution in [0.5, 0.6) is 0 Å². The normalized spacial score (nSPS) is 15.1. The van der Waals surface area contributed by atoms with Crippen molar-refractivity contribution in [3.05, 3.63) is 23.9 Å². The van der Waals surface area contributed by atoms with Gasteiger partial charge in [-0.25, -0.2) is 4.98 Å². The number of nitrogens with two attached hydrogens (primary N) is 1. The Labute approximate surface area is 123 Å². The van der Waals surface area contributed by atoms with E-state index in [0.717, 1.165) is 18.5 Å². The van der Waals surface area contributed by atoms with Crippen LogP contribution in [0.1, 0.15) is 52.6 Å². The van der Waals surface area contributed by atoms with Gasteiger partial charge in [-0.15, -0.1) is 0 Å². The van der Waals surface area contributed by atoms with E-state index in [1.165, 1.54) is 0 Å². The molecule has 1 heterocycles. The summed E-state index contributed by atoms with van der Waals surface area (Å²) in [5.41, 5.74) is 7.10. The third-order valence-electron chi connectivity index (χ3n) is 3.32. The van der Waals surface area contributed by atoms with Gasteiger partial charge in [-0.05, 0) is 31.4 Å². The number of anilines is 1. The molecule has 0 aliphatic rings. The predicted molar refractivity (Wildman–Crippen MR) is 84.6 cm³/mol. The quantitative estimate of drug-likeness (QED) is 0.805. The van der Waals surface area contributed by atoms with Gasteiger partial charge in [-0.3, -0.25) is 0 Å². The predicted octanol–water partition coefficient (Wildman–Crippen LogP) is 3.16. The SMILES string of the molecule is CCCNC(c1cccnc1N)C(OCC)C(C)(C)C. The molecule has 0 aliphatic heterocycles. The Hall–Kier alpha value is -1.13. The molecule has 0 amide bonds. The second kappa shape index (κ2) is 7.60. The largest absolute Gasteiger partial charge is 0.383 e. The van der Waals surface area contributed by atoms with E-state index in [1.54, 1.807) is 6.20 Å². The molecule has 0 aromatic carbocycles. The highest BCUT2D eigenvalue weighted by Crippen LogP contribution is 2.34. The summed E-state index contributed by atoms with van der Waals surface area (Å²) in [6, 6.07) is 4.02. The fraction of sp³-hybridized carbons (Fsp3) is 0.688. The molecule has 20 heavy (non-hydrogen) atoms. The van der Waals surface area contributed by atoms with E-state index < -0.39 is 0 Å². The number of hydrogen-bond donors (Lipinski definition) is 2. The zero-order valence-electron chi connectivity index (χ0n) is 13.4. The van der Waals surface area contributed by atoms with Crippen molar-refractivity contribution in [1.29, 1.82) is 0 Å². The van der Waals surface area contributed by atoms with E-state index in [4.69, 9.17) is 10.5 Å². The maximum atomic E-state index is 6.06. The van der Waals surface area contributed by atoms with E-state index in [9.17, 15) is 0 Å². The number of nitrogens with zero attached hydrogens (tertiary/aromatic N) is 1. The summed E-state index contributed by atoms with van der Waals surface area (Å²) in [6.07, 6.45) is 2.84. The Bertz CT molecular complexity index is 401. The molecule has 0 radical (unpaired) electrons. The van der Waals surface area contributed by atoms with Crippen molar-refractivity contribution in [2.45, 2.75) is 53.2 Å². The minimum atomic E-state index is 0.0176. The fourth-order valence-electron chi connectivity index (χ4n) is 2.40. The molecule has 0 saturated carbocycles. The Morgan fingerprint density at radius 1 is 1.35 bits per heavy atom. The minimum absolute atomic E-state index is 0.0176. The smallest absolute Gasteiger partial charge is 0.128 e. The van der Waals surface area contributed by atoms with Gasteiger partial charge >= 0.3 is 0 Å². The van der Waals surface area contributed by atoms with Gasteiger partial charge in [0.15, 0.2) is 0 Å². The van der Waals surface area contributed by atoms with E-state index in [-0.39, 0.29) is 17.6 Å². The first-order valence-corrected chi connectivity index (χ1v) is 7.47. The van der Waals surface area contributed by atoms with Crippen molar-refractivity contribution < 1.29 is 4.74 Å². The van der Waals surface area contributed by atoms with E-state index in [2.05, 4.69) is 38.0 Å². The highest BCUT2D eigenvalue weighted by molar-refractivity contribution is 5.41. The summed E-state index contributed by atoms with van der Waals surface area (Å²) < 4.78 is 6.03.